The molecular formula is C43H53N5+2. The van der Waals surface area contributed by atoms with Crippen molar-refractivity contribution in [2.24, 2.45) is 14.1 Å². The quantitative estimate of drug-likeness (QED) is 0.152. The van der Waals surface area contributed by atoms with Gasteiger partial charge in [-0.1, -0.05) is 6.07 Å². The number of hydrogen-bond donors (Lipinski definition) is 0. The lowest BCUT2D eigenvalue weighted by molar-refractivity contribution is -0.648. The minimum absolute atomic E-state index is 0.0534. The molecule has 0 saturated heterocycles. The summed E-state index contributed by atoms with van der Waals surface area (Å²) in [6, 6.07) is 8.79. The molecule has 248 valence electrons. The van der Waals surface area contributed by atoms with Crippen LogP contribution in [0.15, 0.2) is 36.0 Å². The molecule has 0 radical (unpaired) electrons. The van der Waals surface area contributed by atoms with Gasteiger partial charge in [0.05, 0.1) is 25.2 Å². The normalized spacial score (nSPS) is 15.8. The maximum absolute atomic E-state index is 4.61. The van der Waals surface area contributed by atoms with Crippen LogP contribution in [0.2, 0.25) is 0 Å². The Kier molecular flexibility index (Phi) is 6.82. The van der Waals surface area contributed by atoms with Gasteiger partial charge in [0.1, 0.15) is 11.1 Å². The van der Waals surface area contributed by atoms with Crippen molar-refractivity contribution in [2.45, 2.75) is 108 Å². The molecule has 0 fully saturated rings. The van der Waals surface area contributed by atoms with E-state index in [1.807, 2.05) is 12.3 Å². The second kappa shape index (κ2) is 10.1. The monoisotopic (exact) mass is 639 g/mol. The van der Waals surface area contributed by atoms with E-state index in [1.165, 1.54) is 106 Å². The van der Waals surface area contributed by atoms with Crippen molar-refractivity contribution < 1.29 is 9.13 Å². The topological polar surface area (TPSA) is 30.5 Å². The lowest BCUT2D eigenvalue weighted by Crippen LogP contribution is -2.33. The van der Waals surface area contributed by atoms with Crippen molar-refractivity contribution in [2.75, 3.05) is 0 Å². The minimum atomic E-state index is -0.104. The van der Waals surface area contributed by atoms with E-state index < -0.39 is 0 Å². The number of fused-ring (bicyclic) bond motifs is 9. The SMILES string of the molecule is CC1=C(C)C(C)(C)n2c1[n+](C)c1c(C)c(C)c(C)c(C)c12.Cc1c(C)c(C)c2c(c1C)n1c([n+]2C)-c2cc3ncccc3cc2C1(C)C. The Hall–Kier alpha value is -4.25. The van der Waals surface area contributed by atoms with Gasteiger partial charge in [0.25, 0.3) is 11.6 Å². The zero-order chi connectivity index (χ0) is 35.1. The third kappa shape index (κ3) is 3.82. The van der Waals surface area contributed by atoms with Crippen molar-refractivity contribution in [1.29, 1.82) is 0 Å². The first-order valence-electron chi connectivity index (χ1n) is 17.5. The Morgan fingerprint density at radius 2 is 1.06 bits per heavy atom. The number of allylic oxidation sites excluding steroid dienone is 2. The van der Waals surface area contributed by atoms with Crippen LogP contribution < -0.4 is 9.13 Å². The van der Waals surface area contributed by atoms with Crippen LogP contribution in [0.1, 0.15) is 97.4 Å². The van der Waals surface area contributed by atoms with Crippen molar-refractivity contribution >= 4 is 38.5 Å². The Labute approximate surface area is 286 Å². The first-order valence-corrected chi connectivity index (χ1v) is 17.5. The number of nitrogens with zero attached hydrogens (tertiary/aromatic N) is 5. The third-order valence-corrected chi connectivity index (χ3v) is 13.0. The van der Waals surface area contributed by atoms with Crippen molar-refractivity contribution in [3.05, 3.63) is 91.9 Å². The molecule has 6 aromatic rings. The van der Waals surface area contributed by atoms with Crippen LogP contribution in [0.3, 0.4) is 0 Å². The molecule has 0 atom stereocenters. The summed E-state index contributed by atoms with van der Waals surface area (Å²) in [5.41, 5.74) is 23.4. The number of aryl methyl sites for hydroxylation is 6. The van der Waals surface area contributed by atoms with E-state index in [1.54, 1.807) is 0 Å². The molecule has 5 heteroatoms. The van der Waals surface area contributed by atoms with Crippen molar-refractivity contribution in [1.82, 2.24) is 14.1 Å². The summed E-state index contributed by atoms with van der Waals surface area (Å²) in [7, 11) is 4.43. The number of hydrogen-bond acceptors (Lipinski definition) is 1. The van der Waals surface area contributed by atoms with Gasteiger partial charge < -0.3 is 0 Å². The molecule has 0 saturated carbocycles. The Balaban J connectivity index is 0.000000157. The molecule has 0 unspecified atom stereocenters. The van der Waals surface area contributed by atoms with Crippen LogP contribution in [0, 0.1) is 55.4 Å². The van der Waals surface area contributed by atoms with E-state index in [9.17, 15) is 0 Å². The molecule has 3 aromatic heterocycles. The van der Waals surface area contributed by atoms with Crippen LogP contribution in [-0.4, -0.2) is 14.1 Å². The van der Waals surface area contributed by atoms with Gasteiger partial charge in [-0.2, -0.15) is 0 Å². The van der Waals surface area contributed by atoms with Gasteiger partial charge in [-0.15, -0.1) is 0 Å². The lowest BCUT2D eigenvalue weighted by atomic mass is 9.90. The molecule has 2 aliphatic rings. The molecule has 5 nitrogen and oxygen atoms in total. The van der Waals surface area contributed by atoms with Crippen molar-refractivity contribution in [3.8, 4) is 11.4 Å². The predicted molar refractivity (Wildman–Crippen MR) is 201 cm³/mol. The highest BCUT2D eigenvalue weighted by molar-refractivity contribution is 5.92. The summed E-state index contributed by atoms with van der Waals surface area (Å²) >= 11 is 0. The van der Waals surface area contributed by atoms with Gasteiger partial charge in [0.15, 0.2) is 22.1 Å². The summed E-state index contributed by atoms with van der Waals surface area (Å²) < 4.78 is 9.91. The van der Waals surface area contributed by atoms with Crippen LogP contribution in [0.5, 0.6) is 0 Å². The predicted octanol–water partition coefficient (Wildman–Crippen LogP) is 9.25. The van der Waals surface area contributed by atoms with Gasteiger partial charge in [0, 0.05) is 45.0 Å². The number of pyridine rings is 1. The fourth-order valence-electron chi connectivity index (χ4n) is 9.17. The molecule has 8 rings (SSSR count). The Morgan fingerprint density at radius 3 is 1.60 bits per heavy atom. The average molecular weight is 640 g/mol. The van der Waals surface area contributed by atoms with Crippen LogP contribution in [0.4, 0.5) is 0 Å². The molecule has 0 bridgehead atoms. The molecule has 48 heavy (non-hydrogen) atoms. The van der Waals surface area contributed by atoms with Crippen LogP contribution in [-0.2, 0) is 25.2 Å². The Bertz CT molecular complexity index is 2460. The minimum Gasteiger partial charge on any atom is -0.256 e. The number of aromatic nitrogens is 5. The summed E-state index contributed by atoms with van der Waals surface area (Å²) in [5.74, 6) is 2.65. The summed E-state index contributed by atoms with van der Waals surface area (Å²) in [5, 5.41) is 1.21. The van der Waals surface area contributed by atoms with E-state index in [2.05, 4.69) is 152 Å². The summed E-state index contributed by atoms with van der Waals surface area (Å²) in [6.45, 7) is 32.0. The van der Waals surface area contributed by atoms with Crippen molar-refractivity contribution in [3.63, 3.8) is 0 Å². The summed E-state index contributed by atoms with van der Waals surface area (Å²) in [6.07, 6.45) is 1.88. The van der Waals surface area contributed by atoms with E-state index in [4.69, 9.17) is 0 Å². The molecular weight excluding hydrogens is 587 g/mol. The lowest BCUT2D eigenvalue weighted by Gasteiger charge is -2.20. The highest BCUT2D eigenvalue weighted by Gasteiger charge is 2.47. The van der Waals surface area contributed by atoms with Crippen LogP contribution >= 0.6 is 0 Å². The smallest absolute Gasteiger partial charge is 0.256 e. The zero-order valence-corrected chi connectivity index (χ0v) is 32.1. The number of rotatable bonds is 0. The first-order chi connectivity index (χ1) is 22.4. The van der Waals surface area contributed by atoms with E-state index in [0.717, 1.165) is 5.52 Å². The van der Waals surface area contributed by atoms with E-state index in [0.29, 0.717) is 0 Å². The van der Waals surface area contributed by atoms with E-state index >= 15 is 0 Å². The molecule has 0 amide bonds. The highest BCUT2D eigenvalue weighted by Crippen LogP contribution is 2.48. The largest absolute Gasteiger partial charge is 0.290 e. The van der Waals surface area contributed by atoms with E-state index in [-0.39, 0.29) is 11.1 Å². The van der Waals surface area contributed by atoms with Gasteiger partial charge in [0.2, 0.25) is 0 Å². The molecule has 0 aliphatic carbocycles. The molecule has 0 N–H and O–H groups in total. The first kappa shape index (κ1) is 32.3. The zero-order valence-electron chi connectivity index (χ0n) is 32.1. The van der Waals surface area contributed by atoms with Gasteiger partial charge >= 0.3 is 0 Å². The molecule has 0 spiro atoms. The van der Waals surface area contributed by atoms with Gasteiger partial charge in [-0.05, 0) is 143 Å². The van der Waals surface area contributed by atoms with Gasteiger partial charge in [-0.25, -0.2) is 18.3 Å². The molecule has 2 aliphatic heterocycles. The van der Waals surface area contributed by atoms with Crippen LogP contribution in [0.25, 0.3) is 49.9 Å². The molecule has 5 heterocycles. The second-order valence-corrected chi connectivity index (χ2v) is 15.8. The maximum atomic E-state index is 4.61. The fourth-order valence-corrected chi connectivity index (χ4v) is 9.17. The number of imidazole rings is 2. The number of benzene rings is 3. The standard InChI is InChI=1S/C24H26N3.C19H27N2/c1-13-14(2)16(4)22-21(15(13)3)26(7)23-18-12-20-17(9-8-10-25-20)11-19(18)24(5,6)27(22)23;1-10-11(2)13(4)17-16(12(10)3)20(9)18-14(5)15(6)19(7,8)21(17)18/h8-12H,1-7H3;1-9H3/q2*+1. The fraction of sp³-hybridized carbons (Fsp3) is 0.419. The second-order valence-electron chi connectivity index (χ2n) is 15.8. The van der Waals surface area contributed by atoms with Gasteiger partial charge in [-0.3, -0.25) is 4.98 Å². The molecule has 3 aromatic carbocycles. The maximum Gasteiger partial charge on any atom is 0.290 e. The highest BCUT2D eigenvalue weighted by atomic mass is 15.2. The Morgan fingerprint density at radius 1 is 0.583 bits per heavy atom. The summed E-state index contributed by atoms with van der Waals surface area (Å²) in [4.78, 5) is 4.61. The third-order valence-electron chi connectivity index (χ3n) is 13.0. The average Bonchev–Trinajstić information content (AvgIpc) is 3.67.